The molecule has 0 aliphatic carbocycles. The van der Waals surface area contributed by atoms with Crippen LogP contribution in [0.5, 0.6) is 0 Å². The summed E-state index contributed by atoms with van der Waals surface area (Å²) in [6.45, 7) is 3.79. The fraction of sp³-hybridized carbons (Fsp3) is 1.00. The van der Waals surface area contributed by atoms with Crippen molar-refractivity contribution in [3.63, 3.8) is 0 Å². The first kappa shape index (κ1) is 9.00. The molecule has 0 aliphatic rings. The molecule has 0 aliphatic heterocycles. The van der Waals surface area contributed by atoms with Crippen LogP contribution in [-0.2, 0) is 4.18 Å². The molecule has 8 heavy (non-hydrogen) atoms. The van der Waals surface area contributed by atoms with Gasteiger partial charge in [-0.05, 0) is 13.8 Å². The second-order valence-corrected chi connectivity index (χ2v) is 3.58. The maximum atomic E-state index is 9.01. The average molecular weight is 248 g/mol. The number of halogens is 1. The molecule has 50 valence electrons. The van der Waals surface area contributed by atoms with Crippen molar-refractivity contribution in [1.29, 1.82) is 0 Å². The lowest BCUT2D eigenvalue weighted by atomic mass is 10.2. The number of aliphatic hydroxyl groups is 1. The zero-order valence-electron chi connectivity index (χ0n) is 4.85. The molecule has 0 spiro atoms. The second kappa shape index (κ2) is 3.92. The van der Waals surface area contributed by atoms with Crippen LogP contribution < -0.4 is 0 Å². The van der Waals surface area contributed by atoms with Crippen molar-refractivity contribution in [2.45, 2.75) is 19.4 Å². The van der Waals surface area contributed by atoms with E-state index in [-0.39, 0.29) is 0 Å². The first-order valence-corrected chi connectivity index (χ1v) is 5.47. The Labute approximate surface area is 65.8 Å². The van der Waals surface area contributed by atoms with Crippen molar-refractivity contribution < 1.29 is 9.29 Å². The molecule has 0 aromatic heterocycles. The van der Waals surface area contributed by atoms with Crippen LogP contribution in [0.2, 0.25) is 0 Å². The quantitative estimate of drug-likeness (QED) is 0.609. The van der Waals surface area contributed by atoms with Gasteiger partial charge in [-0.2, -0.15) is 0 Å². The Morgan fingerprint density at radius 2 is 2.25 bits per heavy atom. The van der Waals surface area contributed by atoms with Gasteiger partial charge in [0.05, 0.1) is 21.4 Å². The van der Waals surface area contributed by atoms with Crippen LogP contribution in [0.15, 0.2) is 0 Å². The minimum atomic E-state index is -0.696. The molecule has 0 fully saturated rings. The highest BCUT2D eigenvalue weighted by atomic mass is 127. The first-order valence-electron chi connectivity index (χ1n) is 2.19. The Kier molecular flexibility index (Phi) is 4.41. The summed E-state index contributed by atoms with van der Waals surface area (Å²) in [5.74, 6) is 0. The molecule has 0 aromatic carbocycles. The fourth-order valence-electron chi connectivity index (χ4n) is 0.166. The number of hydrogen-bond donors (Lipinski definition) is 1. The predicted octanol–water partition coefficient (Wildman–Crippen LogP) is 1.77. The molecule has 0 aromatic rings. The van der Waals surface area contributed by atoms with E-state index in [0.717, 1.165) is 0 Å². The zero-order valence-corrected chi connectivity index (χ0v) is 7.82. The van der Waals surface area contributed by atoms with E-state index >= 15 is 0 Å². The van der Waals surface area contributed by atoms with E-state index in [0.29, 0.717) is 6.61 Å². The van der Waals surface area contributed by atoms with Crippen LogP contribution in [0, 0.1) is 0 Å². The normalized spacial score (nSPS) is 12.0. The number of rotatable bonds is 3. The Morgan fingerprint density at radius 3 is 2.38 bits per heavy atom. The van der Waals surface area contributed by atoms with Crippen molar-refractivity contribution in [1.82, 2.24) is 0 Å². The van der Waals surface area contributed by atoms with Gasteiger partial charge in [-0.3, -0.25) is 0 Å². The molecule has 4 heteroatoms. The van der Waals surface area contributed by atoms with Gasteiger partial charge in [0.1, 0.15) is 0 Å². The molecule has 0 bridgehead atoms. The molecule has 0 rings (SSSR count). The van der Waals surface area contributed by atoms with Crippen molar-refractivity contribution in [3.05, 3.63) is 0 Å². The van der Waals surface area contributed by atoms with Crippen LogP contribution in [0.3, 0.4) is 0 Å². The molecule has 0 unspecified atom stereocenters. The summed E-state index contributed by atoms with van der Waals surface area (Å²) in [6, 6.07) is 0. The van der Waals surface area contributed by atoms with Crippen LogP contribution in [0.4, 0.5) is 0 Å². The maximum absolute atomic E-state index is 9.01. The lowest BCUT2D eigenvalue weighted by molar-refractivity contribution is 0.0368. The molecule has 0 atom stereocenters. The second-order valence-electron chi connectivity index (χ2n) is 2.14. The highest BCUT2D eigenvalue weighted by molar-refractivity contribution is 14.2. The van der Waals surface area contributed by atoms with Crippen LogP contribution in [0.25, 0.3) is 0 Å². The smallest absolute Gasteiger partial charge is 0.0905 e. The lowest BCUT2D eigenvalue weighted by Gasteiger charge is -2.14. The van der Waals surface area contributed by atoms with Gasteiger partial charge in [-0.25, -0.2) is 0 Å². The third kappa shape index (κ3) is 7.00. The van der Waals surface area contributed by atoms with E-state index in [1.165, 1.54) is 9.21 Å². The summed E-state index contributed by atoms with van der Waals surface area (Å²) >= 11 is 2.01. The molecular weight excluding hydrogens is 239 g/mol. The van der Waals surface area contributed by atoms with E-state index in [4.69, 9.17) is 9.29 Å². The average Bonchev–Trinajstić information content (AvgIpc) is 1.59. The Morgan fingerprint density at radius 1 is 1.75 bits per heavy atom. The number of hydrogen-bond acceptors (Lipinski definition) is 3. The third-order valence-corrected chi connectivity index (χ3v) is 1.43. The van der Waals surface area contributed by atoms with Crippen LogP contribution in [0.1, 0.15) is 13.8 Å². The van der Waals surface area contributed by atoms with E-state index in [9.17, 15) is 0 Å². The predicted molar refractivity (Wildman–Crippen MR) is 43.9 cm³/mol. The lowest BCUT2D eigenvalue weighted by Crippen LogP contribution is -2.24. The summed E-state index contributed by atoms with van der Waals surface area (Å²) in [7, 11) is 1.24. The van der Waals surface area contributed by atoms with Gasteiger partial charge in [0.2, 0.25) is 0 Å². The van der Waals surface area contributed by atoms with E-state index in [1.807, 2.05) is 21.2 Å². The fourth-order valence-corrected chi connectivity index (χ4v) is 0.881. The Bertz CT molecular complexity index is 61.5. The van der Waals surface area contributed by atoms with E-state index in [1.54, 1.807) is 13.8 Å². The van der Waals surface area contributed by atoms with Crippen molar-refractivity contribution in [2.24, 2.45) is 0 Å². The topological polar surface area (TPSA) is 29.5 Å². The summed E-state index contributed by atoms with van der Waals surface area (Å²) in [5, 5.41) is 9.01. The highest BCUT2D eigenvalue weighted by Gasteiger charge is 2.11. The van der Waals surface area contributed by atoms with Crippen molar-refractivity contribution in [2.75, 3.05) is 6.61 Å². The molecule has 1 N–H and O–H groups in total. The molecule has 0 radical (unpaired) electrons. The van der Waals surface area contributed by atoms with E-state index < -0.39 is 5.60 Å². The molecule has 2 nitrogen and oxygen atoms in total. The van der Waals surface area contributed by atoms with Crippen LogP contribution in [-0.4, -0.2) is 17.3 Å². The monoisotopic (exact) mass is 248 g/mol. The maximum Gasteiger partial charge on any atom is 0.0905 e. The molecular formula is C4H9IO2S. The van der Waals surface area contributed by atoms with Crippen molar-refractivity contribution in [3.8, 4) is 0 Å². The van der Waals surface area contributed by atoms with Gasteiger partial charge in [0, 0.05) is 21.2 Å². The Balaban J connectivity index is 3.11. The highest BCUT2D eigenvalue weighted by Crippen LogP contribution is 2.15. The van der Waals surface area contributed by atoms with Gasteiger partial charge >= 0.3 is 0 Å². The minimum absolute atomic E-state index is 0.376. The van der Waals surface area contributed by atoms with Gasteiger partial charge in [-0.1, -0.05) is 0 Å². The summed E-state index contributed by atoms with van der Waals surface area (Å²) < 4.78 is 4.85. The zero-order chi connectivity index (χ0) is 6.62. The SMILES string of the molecule is CC(C)(O)COSI. The first-order chi connectivity index (χ1) is 3.56. The Hall–Kier alpha value is 1.00. The summed E-state index contributed by atoms with van der Waals surface area (Å²) in [4.78, 5) is 0. The molecule has 0 saturated heterocycles. The molecule has 0 heterocycles. The molecule has 0 amide bonds. The molecule has 0 saturated carbocycles. The van der Waals surface area contributed by atoms with Gasteiger partial charge in [-0.15, -0.1) is 0 Å². The van der Waals surface area contributed by atoms with Gasteiger partial charge in [0.25, 0.3) is 0 Å². The summed E-state index contributed by atoms with van der Waals surface area (Å²) in [5.41, 5.74) is -0.696. The van der Waals surface area contributed by atoms with Gasteiger partial charge in [0.15, 0.2) is 0 Å². The standard InChI is InChI=1S/C4H9IO2S/c1-4(2,6)3-7-8-5/h6H,3H2,1-2H3. The van der Waals surface area contributed by atoms with Crippen molar-refractivity contribution >= 4 is 30.4 Å². The van der Waals surface area contributed by atoms with Crippen LogP contribution >= 0.6 is 30.4 Å². The third-order valence-electron chi connectivity index (χ3n) is 0.457. The van der Waals surface area contributed by atoms with E-state index in [2.05, 4.69) is 0 Å². The van der Waals surface area contributed by atoms with Gasteiger partial charge < -0.3 is 9.29 Å². The largest absolute Gasteiger partial charge is 0.388 e. The summed E-state index contributed by atoms with van der Waals surface area (Å²) in [6.07, 6.45) is 0. The minimum Gasteiger partial charge on any atom is -0.388 e.